The first kappa shape index (κ1) is 15.8. The number of amides is 1. The van der Waals surface area contributed by atoms with Crippen LogP contribution in [0.4, 0.5) is 0 Å². The number of hydrogen-bond donors (Lipinski definition) is 1. The van der Waals surface area contributed by atoms with Gasteiger partial charge in [-0.2, -0.15) is 0 Å². The monoisotopic (exact) mass is 311 g/mol. The number of hydrogen-bond acceptors (Lipinski definition) is 4. The van der Waals surface area contributed by atoms with Gasteiger partial charge in [-0.05, 0) is 42.9 Å². The van der Waals surface area contributed by atoms with Crippen molar-refractivity contribution in [1.29, 1.82) is 0 Å². The molecule has 1 fully saturated rings. The van der Waals surface area contributed by atoms with Gasteiger partial charge in [-0.1, -0.05) is 12.1 Å². The predicted molar refractivity (Wildman–Crippen MR) is 81.1 cm³/mol. The topological polar surface area (TPSA) is 72.5 Å². The lowest BCUT2D eigenvalue weighted by Crippen LogP contribution is -2.26. The van der Waals surface area contributed by atoms with Crippen molar-refractivity contribution < 1.29 is 17.9 Å². The summed E-state index contributed by atoms with van der Waals surface area (Å²) in [6.07, 6.45) is 2.50. The maximum atomic E-state index is 11.6. The number of ether oxygens (including phenoxy) is 1. The molecule has 1 aliphatic heterocycles. The van der Waals surface area contributed by atoms with E-state index in [2.05, 4.69) is 5.32 Å². The van der Waals surface area contributed by atoms with Crippen LogP contribution in [0.1, 0.15) is 18.4 Å². The van der Waals surface area contributed by atoms with Gasteiger partial charge in [0.1, 0.15) is 5.75 Å². The van der Waals surface area contributed by atoms with E-state index in [-0.39, 0.29) is 18.4 Å². The lowest BCUT2D eigenvalue weighted by Gasteiger charge is -2.21. The zero-order valence-corrected chi connectivity index (χ0v) is 13.0. The highest BCUT2D eigenvalue weighted by molar-refractivity contribution is 7.91. The first-order valence-electron chi connectivity index (χ1n) is 7.11. The van der Waals surface area contributed by atoms with Gasteiger partial charge in [-0.3, -0.25) is 4.79 Å². The van der Waals surface area contributed by atoms with Gasteiger partial charge in [0.25, 0.3) is 5.91 Å². The summed E-state index contributed by atoms with van der Waals surface area (Å²) in [5, 5.41) is 2.49. The smallest absolute Gasteiger partial charge is 0.257 e. The van der Waals surface area contributed by atoms with Crippen LogP contribution in [0, 0.1) is 5.92 Å². The van der Waals surface area contributed by atoms with Crippen molar-refractivity contribution >= 4 is 15.7 Å². The molecule has 0 aromatic heterocycles. The molecular formula is C15H21NO4S. The highest BCUT2D eigenvalue weighted by Crippen LogP contribution is 2.23. The summed E-state index contributed by atoms with van der Waals surface area (Å²) in [7, 11) is -1.29. The van der Waals surface area contributed by atoms with Crippen molar-refractivity contribution in [3.63, 3.8) is 0 Å². The zero-order chi connectivity index (χ0) is 15.3. The van der Waals surface area contributed by atoms with Crippen LogP contribution < -0.4 is 10.1 Å². The predicted octanol–water partition coefficient (Wildman–Crippen LogP) is 1.18. The number of carbonyl (C=O) groups is 1. The Hall–Kier alpha value is -1.56. The van der Waals surface area contributed by atoms with Crippen molar-refractivity contribution in [1.82, 2.24) is 5.32 Å². The summed E-state index contributed by atoms with van der Waals surface area (Å²) in [6, 6.07) is 7.49. The molecule has 116 valence electrons. The Morgan fingerprint density at radius 1 is 1.33 bits per heavy atom. The fourth-order valence-electron chi connectivity index (χ4n) is 2.55. The van der Waals surface area contributed by atoms with Gasteiger partial charge in [-0.25, -0.2) is 8.42 Å². The summed E-state index contributed by atoms with van der Waals surface area (Å²) in [5.74, 6) is 1.30. The number of rotatable bonds is 5. The Morgan fingerprint density at radius 2 is 2.05 bits per heavy atom. The summed E-state index contributed by atoms with van der Waals surface area (Å²) in [4.78, 5) is 11.1. The average Bonchev–Trinajstić information content (AvgIpc) is 2.45. The van der Waals surface area contributed by atoms with Gasteiger partial charge < -0.3 is 10.1 Å². The second-order valence-electron chi connectivity index (χ2n) is 5.43. The molecule has 0 spiro atoms. The highest BCUT2D eigenvalue weighted by atomic mass is 32.2. The Kier molecular flexibility index (Phi) is 5.22. The van der Waals surface area contributed by atoms with E-state index in [1.807, 2.05) is 24.3 Å². The normalized spacial score (nSPS) is 20.7. The molecule has 0 bridgehead atoms. The van der Waals surface area contributed by atoms with Crippen LogP contribution in [0.2, 0.25) is 0 Å². The van der Waals surface area contributed by atoms with Gasteiger partial charge in [0, 0.05) is 7.05 Å². The molecule has 0 unspecified atom stereocenters. The number of benzene rings is 1. The van der Waals surface area contributed by atoms with E-state index in [9.17, 15) is 13.2 Å². The molecule has 1 heterocycles. The minimum absolute atomic E-state index is 0.00326. The van der Waals surface area contributed by atoms with E-state index in [4.69, 9.17) is 4.74 Å². The lowest BCUT2D eigenvalue weighted by molar-refractivity contribution is -0.122. The maximum absolute atomic E-state index is 11.6. The van der Waals surface area contributed by atoms with E-state index in [1.54, 1.807) is 7.05 Å². The quantitative estimate of drug-likeness (QED) is 0.886. The molecule has 1 aliphatic rings. The molecule has 1 atom stereocenters. The number of nitrogens with one attached hydrogen (secondary N) is 1. The summed E-state index contributed by atoms with van der Waals surface area (Å²) in [6.45, 7) is -0.00326. The van der Waals surface area contributed by atoms with Crippen LogP contribution in [0.15, 0.2) is 24.3 Å². The molecule has 0 aliphatic carbocycles. The Bertz CT molecular complexity index is 580. The molecule has 0 saturated carbocycles. The van der Waals surface area contributed by atoms with Crippen molar-refractivity contribution in [2.75, 3.05) is 25.2 Å². The minimum Gasteiger partial charge on any atom is -0.484 e. The van der Waals surface area contributed by atoms with Gasteiger partial charge in [-0.15, -0.1) is 0 Å². The molecule has 5 nitrogen and oxygen atoms in total. The summed E-state index contributed by atoms with van der Waals surface area (Å²) in [5.41, 5.74) is 1.10. The van der Waals surface area contributed by atoms with Crippen LogP contribution in [0.5, 0.6) is 5.75 Å². The molecule has 1 amide bonds. The second-order valence-corrected chi connectivity index (χ2v) is 7.66. The SMILES string of the molecule is CNC(=O)COc1ccc(C[C@H]2CCCS(=O)(=O)C2)cc1. The van der Waals surface area contributed by atoms with Crippen LogP contribution in [0.25, 0.3) is 0 Å². The Balaban J connectivity index is 1.89. The highest BCUT2D eigenvalue weighted by Gasteiger charge is 2.24. The lowest BCUT2D eigenvalue weighted by atomic mass is 9.96. The molecule has 1 saturated heterocycles. The summed E-state index contributed by atoms with van der Waals surface area (Å²) < 4.78 is 28.6. The van der Waals surface area contributed by atoms with Crippen molar-refractivity contribution in [3.05, 3.63) is 29.8 Å². The van der Waals surface area contributed by atoms with Gasteiger partial charge >= 0.3 is 0 Å². The van der Waals surface area contributed by atoms with E-state index < -0.39 is 9.84 Å². The Labute approximate surface area is 125 Å². The van der Waals surface area contributed by atoms with E-state index in [0.29, 0.717) is 17.3 Å². The van der Waals surface area contributed by atoms with Crippen molar-refractivity contribution in [2.45, 2.75) is 19.3 Å². The fourth-order valence-corrected chi connectivity index (χ4v) is 4.33. The third kappa shape index (κ3) is 5.04. The second kappa shape index (κ2) is 6.93. The van der Waals surface area contributed by atoms with Crippen LogP contribution >= 0.6 is 0 Å². The molecule has 1 N–H and O–H groups in total. The molecular weight excluding hydrogens is 290 g/mol. The number of likely N-dealkylation sites (N-methyl/N-ethyl adjacent to an activating group) is 1. The van der Waals surface area contributed by atoms with E-state index in [1.165, 1.54) is 0 Å². The van der Waals surface area contributed by atoms with Crippen LogP contribution in [-0.4, -0.2) is 39.5 Å². The van der Waals surface area contributed by atoms with Crippen molar-refractivity contribution in [3.8, 4) is 5.75 Å². The maximum Gasteiger partial charge on any atom is 0.257 e. The Morgan fingerprint density at radius 3 is 2.67 bits per heavy atom. The van der Waals surface area contributed by atoms with E-state index >= 15 is 0 Å². The average molecular weight is 311 g/mol. The first-order chi connectivity index (χ1) is 9.98. The number of sulfone groups is 1. The van der Waals surface area contributed by atoms with E-state index in [0.717, 1.165) is 24.8 Å². The van der Waals surface area contributed by atoms with Gasteiger partial charge in [0.15, 0.2) is 16.4 Å². The zero-order valence-electron chi connectivity index (χ0n) is 12.2. The molecule has 2 rings (SSSR count). The molecule has 21 heavy (non-hydrogen) atoms. The standard InChI is InChI=1S/C15H21NO4S/c1-16-15(17)10-20-14-6-4-12(5-7-14)9-13-3-2-8-21(18,19)11-13/h4-7,13H,2-3,8-11H2,1H3,(H,16,17)/t13-/m1/s1. The van der Waals surface area contributed by atoms with Crippen LogP contribution in [0.3, 0.4) is 0 Å². The molecule has 0 radical (unpaired) electrons. The van der Waals surface area contributed by atoms with Gasteiger partial charge in [0.2, 0.25) is 0 Å². The van der Waals surface area contributed by atoms with Gasteiger partial charge in [0.05, 0.1) is 11.5 Å². The first-order valence-corrected chi connectivity index (χ1v) is 8.93. The summed E-state index contributed by atoms with van der Waals surface area (Å²) >= 11 is 0. The fraction of sp³-hybridized carbons (Fsp3) is 0.533. The molecule has 6 heteroatoms. The minimum atomic E-state index is -2.85. The third-order valence-electron chi connectivity index (χ3n) is 3.65. The van der Waals surface area contributed by atoms with Crippen molar-refractivity contribution in [2.24, 2.45) is 5.92 Å². The van der Waals surface area contributed by atoms with Crippen LogP contribution in [-0.2, 0) is 21.1 Å². The number of carbonyl (C=O) groups excluding carboxylic acids is 1. The third-order valence-corrected chi connectivity index (χ3v) is 5.54. The largest absolute Gasteiger partial charge is 0.484 e. The molecule has 1 aromatic carbocycles. The molecule has 1 aromatic rings.